The Bertz CT molecular complexity index is 1340. The van der Waals surface area contributed by atoms with Crippen molar-refractivity contribution in [3.63, 3.8) is 0 Å². The molecule has 0 aliphatic rings. The molecule has 0 heterocycles. The summed E-state index contributed by atoms with van der Waals surface area (Å²) in [7, 11) is -4.50. The number of para-hydroxylation sites is 2. The molecule has 3 aromatic carbocycles. The fourth-order valence-corrected chi connectivity index (χ4v) is 4.46. The Kier molecular flexibility index (Phi) is 7.28. The highest BCUT2D eigenvalue weighted by atomic mass is 32.2. The van der Waals surface area contributed by atoms with Crippen LogP contribution in [0.3, 0.4) is 0 Å². The summed E-state index contributed by atoms with van der Waals surface area (Å²) in [6, 6.07) is 17.8. The number of benzene rings is 3. The first-order chi connectivity index (χ1) is 16.2. The van der Waals surface area contributed by atoms with Crippen LogP contribution in [-0.4, -0.2) is 36.9 Å². The normalized spacial score (nSPS) is 11.2. The third-order valence-electron chi connectivity index (χ3n) is 4.47. The molecule has 13 heteroatoms. The molecule has 34 heavy (non-hydrogen) atoms. The van der Waals surface area contributed by atoms with Crippen LogP contribution in [0, 0.1) is 20.2 Å². The molecule has 0 bridgehead atoms. The van der Waals surface area contributed by atoms with Gasteiger partial charge in [0.05, 0.1) is 21.7 Å². The monoisotopic (exact) mass is 483 g/mol. The molecule has 0 radical (unpaired) electrons. The number of hydrazone groups is 1. The molecular formula is C21H17N5O7S. The van der Waals surface area contributed by atoms with Crippen LogP contribution in [0.25, 0.3) is 0 Å². The third kappa shape index (κ3) is 5.58. The van der Waals surface area contributed by atoms with Crippen molar-refractivity contribution in [2.24, 2.45) is 5.10 Å². The van der Waals surface area contributed by atoms with Gasteiger partial charge in [0, 0.05) is 18.2 Å². The lowest BCUT2D eigenvalue weighted by Gasteiger charge is -2.23. The van der Waals surface area contributed by atoms with Crippen molar-refractivity contribution in [1.82, 2.24) is 5.43 Å². The van der Waals surface area contributed by atoms with Crippen LogP contribution in [0.2, 0.25) is 0 Å². The summed E-state index contributed by atoms with van der Waals surface area (Å²) in [6.07, 6.45) is 1.23. The number of amides is 1. The molecule has 0 spiro atoms. The van der Waals surface area contributed by atoms with Gasteiger partial charge in [0.1, 0.15) is 6.54 Å². The van der Waals surface area contributed by atoms with E-state index in [1.165, 1.54) is 54.7 Å². The Hall–Kier alpha value is -4.65. The molecule has 0 aliphatic carbocycles. The standard InChI is InChI=1S/C21H17N5O7S/c27-21(23-22-14-16-10-12-18(13-11-16)25(28)29)15-24(17-6-2-1-3-7-17)34(32,33)20-9-5-4-8-19(20)26(30)31/h1-14H,15H2,(H,23,27)/b22-14-. The van der Waals surface area contributed by atoms with E-state index in [0.717, 1.165) is 16.4 Å². The number of carbonyl (C=O) groups excluding carboxylic acids is 1. The largest absolute Gasteiger partial charge is 0.289 e. The Labute approximate surface area is 193 Å². The summed E-state index contributed by atoms with van der Waals surface area (Å²) in [6.45, 7) is -0.712. The van der Waals surface area contributed by atoms with Gasteiger partial charge < -0.3 is 0 Å². The Morgan fingerprint density at radius 2 is 1.53 bits per heavy atom. The maximum atomic E-state index is 13.3. The number of hydrogen-bond acceptors (Lipinski definition) is 8. The summed E-state index contributed by atoms with van der Waals surface area (Å²) in [4.78, 5) is 32.6. The number of non-ortho nitro benzene ring substituents is 1. The van der Waals surface area contributed by atoms with Crippen molar-refractivity contribution in [2.75, 3.05) is 10.8 Å². The van der Waals surface area contributed by atoms with E-state index in [9.17, 15) is 33.4 Å². The minimum Gasteiger partial charge on any atom is -0.271 e. The molecule has 1 amide bonds. The van der Waals surface area contributed by atoms with Gasteiger partial charge in [-0.25, -0.2) is 13.8 Å². The van der Waals surface area contributed by atoms with Gasteiger partial charge >= 0.3 is 0 Å². The lowest BCUT2D eigenvalue weighted by molar-refractivity contribution is -0.387. The summed E-state index contributed by atoms with van der Waals surface area (Å²) < 4.78 is 27.4. The van der Waals surface area contributed by atoms with E-state index in [4.69, 9.17) is 0 Å². The van der Waals surface area contributed by atoms with Crippen molar-refractivity contribution >= 4 is 39.2 Å². The SMILES string of the molecule is O=C(CN(c1ccccc1)S(=O)(=O)c1ccccc1[N+](=O)[O-])N/N=C\c1ccc([N+](=O)[O-])cc1. The Balaban J connectivity index is 1.84. The molecule has 0 saturated carbocycles. The predicted molar refractivity (Wildman–Crippen MR) is 123 cm³/mol. The number of nitrogens with one attached hydrogen (secondary N) is 1. The van der Waals surface area contributed by atoms with Crippen LogP contribution in [0.5, 0.6) is 0 Å². The second-order valence-corrected chi connectivity index (χ2v) is 8.54. The maximum Gasteiger partial charge on any atom is 0.289 e. The third-order valence-corrected chi connectivity index (χ3v) is 6.29. The molecule has 174 valence electrons. The molecule has 0 atom stereocenters. The Morgan fingerprint density at radius 1 is 0.912 bits per heavy atom. The summed E-state index contributed by atoms with van der Waals surface area (Å²) >= 11 is 0. The van der Waals surface area contributed by atoms with Crippen molar-refractivity contribution in [3.8, 4) is 0 Å². The van der Waals surface area contributed by atoms with Gasteiger partial charge in [-0.2, -0.15) is 5.10 Å². The van der Waals surface area contributed by atoms with E-state index < -0.39 is 42.9 Å². The molecule has 12 nitrogen and oxygen atoms in total. The molecule has 1 N–H and O–H groups in total. The molecule has 0 fully saturated rings. The fraction of sp³-hybridized carbons (Fsp3) is 0.0476. The molecule has 3 aromatic rings. The van der Waals surface area contributed by atoms with Crippen LogP contribution >= 0.6 is 0 Å². The van der Waals surface area contributed by atoms with Crippen molar-refractivity contribution < 1.29 is 23.1 Å². The molecule has 0 aromatic heterocycles. The van der Waals surface area contributed by atoms with Crippen LogP contribution < -0.4 is 9.73 Å². The zero-order valence-electron chi connectivity index (χ0n) is 17.3. The molecule has 0 saturated heterocycles. The van der Waals surface area contributed by atoms with Crippen molar-refractivity contribution in [2.45, 2.75) is 4.90 Å². The van der Waals surface area contributed by atoms with Gasteiger partial charge in [-0.3, -0.25) is 29.3 Å². The first kappa shape index (κ1) is 24.0. The highest BCUT2D eigenvalue weighted by molar-refractivity contribution is 7.93. The lowest BCUT2D eigenvalue weighted by atomic mass is 10.2. The second kappa shape index (κ2) is 10.3. The first-order valence-corrected chi connectivity index (χ1v) is 11.0. The topological polar surface area (TPSA) is 165 Å². The number of sulfonamides is 1. The predicted octanol–water partition coefficient (Wildman–Crippen LogP) is 2.85. The van der Waals surface area contributed by atoms with Crippen LogP contribution in [-0.2, 0) is 14.8 Å². The number of anilines is 1. The molecular weight excluding hydrogens is 466 g/mol. The summed E-state index contributed by atoms with van der Waals surface area (Å²) in [5.74, 6) is -0.816. The zero-order chi connectivity index (χ0) is 24.7. The fourth-order valence-electron chi connectivity index (χ4n) is 2.88. The number of carbonyl (C=O) groups is 1. The van der Waals surface area contributed by atoms with E-state index in [1.807, 2.05) is 0 Å². The number of rotatable bonds is 9. The van der Waals surface area contributed by atoms with E-state index >= 15 is 0 Å². The van der Waals surface area contributed by atoms with Gasteiger partial charge in [-0.1, -0.05) is 30.3 Å². The van der Waals surface area contributed by atoms with Gasteiger partial charge in [0.15, 0.2) is 4.90 Å². The summed E-state index contributed by atoms with van der Waals surface area (Å²) in [5.41, 5.74) is 2.03. The molecule has 3 rings (SSSR count). The smallest absolute Gasteiger partial charge is 0.271 e. The van der Waals surface area contributed by atoms with Gasteiger partial charge in [0.25, 0.3) is 27.3 Å². The van der Waals surface area contributed by atoms with Crippen molar-refractivity contribution in [1.29, 1.82) is 0 Å². The van der Waals surface area contributed by atoms with Gasteiger partial charge in [0.2, 0.25) is 0 Å². The van der Waals surface area contributed by atoms with E-state index in [2.05, 4.69) is 10.5 Å². The minimum absolute atomic E-state index is 0.111. The van der Waals surface area contributed by atoms with E-state index in [1.54, 1.807) is 18.2 Å². The van der Waals surface area contributed by atoms with Gasteiger partial charge in [-0.15, -0.1) is 0 Å². The minimum atomic E-state index is -4.50. The summed E-state index contributed by atoms with van der Waals surface area (Å²) in [5, 5.41) is 25.8. The molecule has 0 aliphatic heterocycles. The molecule has 0 unspecified atom stereocenters. The average molecular weight is 483 g/mol. The number of nitro benzene ring substituents is 2. The highest BCUT2D eigenvalue weighted by Crippen LogP contribution is 2.29. The average Bonchev–Trinajstić information content (AvgIpc) is 2.83. The Morgan fingerprint density at radius 3 is 2.15 bits per heavy atom. The number of nitro groups is 2. The first-order valence-electron chi connectivity index (χ1n) is 9.57. The van der Waals surface area contributed by atoms with Gasteiger partial charge in [-0.05, 0) is 35.9 Å². The number of hydrogen-bond donors (Lipinski definition) is 1. The maximum absolute atomic E-state index is 13.3. The van der Waals surface area contributed by atoms with E-state index in [0.29, 0.717) is 5.56 Å². The van der Waals surface area contributed by atoms with Crippen LogP contribution in [0.4, 0.5) is 17.1 Å². The number of nitrogens with zero attached hydrogens (tertiary/aromatic N) is 4. The van der Waals surface area contributed by atoms with Crippen LogP contribution in [0.1, 0.15) is 5.56 Å². The lowest BCUT2D eigenvalue weighted by Crippen LogP contribution is -2.39. The van der Waals surface area contributed by atoms with E-state index in [-0.39, 0.29) is 11.4 Å². The van der Waals surface area contributed by atoms with Crippen molar-refractivity contribution in [3.05, 3.63) is 105 Å². The second-order valence-electron chi connectivity index (χ2n) is 6.71. The highest BCUT2D eigenvalue weighted by Gasteiger charge is 2.33. The quantitative estimate of drug-likeness (QED) is 0.277. The zero-order valence-corrected chi connectivity index (χ0v) is 18.2. The van der Waals surface area contributed by atoms with Crippen LogP contribution in [0.15, 0.2) is 88.9 Å².